The summed E-state index contributed by atoms with van der Waals surface area (Å²) in [5.74, 6) is -0.969. The van der Waals surface area contributed by atoms with Gasteiger partial charge in [0.15, 0.2) is 5.76 Å². The molecule has 1 saturated heterocycles. The van der Waals surface area contributed by atoms with Crippen molar-refractivity contribution in [3.05, 3.63) is 88.6 Å². The Morgan fingerprint density at radius 1 is 1.11 bits per heavy atom. The Bertz CT molecular complexity index is 1320. The maximum Gasteiger partial charge on any atom is 0.490 e. The Morgan fingerprint density at radius 3 is 2.39 bits per heavy atom. The number of alkyl halides is 3. The van der Waals surface area contributed by atoms with Crippen LogP contribution in [0.5, 0.6) is 5.75 Å². The molecule has 0 radical (unpaired) electrons. The fourth-order valence-corrected chi connectivity index (χ4v) is 5.07. The zero-order valence-corrected chi connectivity index (χ0v) is 20.6. The fraction of sp³-hybridized carbons (Fsp3) is 0.333. The monoisotopic (exact) mass is 534 g/mol. The number of nitrogens with zero attached hydrogens (tertiary/aromatic N) is 1. The molecule has 7 nitrogen and oxygen atoms in total. The highest BCUT2D eigenvalue weighted by Gasteiger charge is 2.46. The minimum Gasteiger partial charge on any atom is -0.497 e. The van der Waals surface area contributed by atoms with E-state index < -0.39 is 12.1 Å². The zero-order valence-electron chi connectivity index (χ0n) is 20.6. The van der Waals surface area contributed by atoms with Crippen molar-refractivity contribution in [2.24, 2.45) is 5.92 Å². The highest BCUT2D eigenvalue weighted by molar-refractivity contribution is 5.92. The van der Waals surface area contributed by atoms with E-state index in [0.29, 0.717) is 35.3 Å². The maximum atomic E-state index is 14.4. The molecule has 0 unspecified atom stereocenters. The maximum absolute atomic E-state index is 14.4. The van der Waals surface area contributed by atoms with E-state index in [1.54, 1.807) is 31.4 Å². The van der Waals surface area contributed by atoms with Crippen LogP contribution in [0.1, 0.15) is 45.0 Å². The van der Waals surface area contributed by atoms with Crippen molar-refractivity contribution in [2.75, 3.05) is 20.2 Å². The van der Waals surface area contributed by atoms with Gasteiger partial charge in [-0.3, -0.25) is 9.69 Å². The molecule has 202 valence electrons. The summed E-state index contributed by atoms with van der Waals surface area (Å²) < 4.78 is 56.9. The first kappa shape index (κ1) is 27.2. The van der Waals surface area contributed by atoms with Gasteiger partial charge in [-0.15, -0.1) is 0 Å². The number of halogens is 4. The minimum atomic E-state index is -5.08. The Hall–Kier alpha value is -3.86. The predicted octanol–water partition coefficient (Wildman–Crippen LogP) is 5.07. The van der Waals surface area contributed by atoms with Crippen molar-refractivity contribution < 1.29 is 41.4 Å². The number of hydrogen-bond donors (Lipinski definition) is 2. The van der Waals surface area contributed by atoms with Crippen LogP contribution in [0.3, 0.4) is 0 Å². The highest BCUT2D eigenvalue weighted by Crippen LogP contribution is 2.49. The van der Waals surface area contributed by atoms with Crippen molar-refractivity contribution in [1.82, 2.24) is 10.2 Å². The van der Waals surface area contributed by atoms with Gasteiger partial charge in [-0.2, -0.15) is 13.2 Å². The average molecular weight is 535 g/mol. The number of rotatable bonds is 5. The molecular formula is C27H26F4N2O5. The first-order chi connectivity index (χ1) is 18.0. The summed E-state index contributed by atoms with van der Waals surface area (Å²) in [5, 5.41) is 10.3. The number of ether oxygens (including phenoxy) is 1. The second-order valence-electron chi connectivity index (χ2n) is 9.22. The van der Waals surface area contributed by atoms with Gasteiger partial charge in [0, 0.05) is 37.0 Å². The third-order valence-electron chi connectivity index (χ3n) is 6.74. The molecule has 3 atom stereocenters. The number of carbonyl (C=O) groups is 2. The van der Waals surface area contributed by atoms with Crippen LogP contribution < -0.4 is 10.1 Å². The molecule has 2 aliphatic rings. The lowest BCUT2D eigenvalue weighted by molar-refractivity contribution is -0.192. The van der Waals surface area contributed by atoms with Crippen LogP contribution in [0.25, 0.3) is 0 Å². The summed E-state index contributed by atoms with van der Waals surface area (Å²) >= 11 is 0. The van der Waals surface area contributed by atoms with Crippen molar-refractivity contribution in [3.63, 3.8) is 0 Å². The quantitative estimate of drug-likeness (QED) is 0.445. The molecule has 5 rings (SSSR count). The lowest BCUT2D eigenvalue weighted by Gasteiger charge is -2.23. The Balaban J connectivity index is 0.000000426. The SMILES string of the molecule is COc1ccc(F)c(CN2C[C@@H]3[C@H](NC(=O)c4ccc(C)o4)c4ccccc4[C@@H]3C2)c1.O=C(O)C(F)(F)F. The van der Waals surface area contributed by atoms with E-state index in [-0.39, 0.29) is 23.7 Å². The van der Waals surface area contributed by atoms with Crippen LogP contribution in [-0.4, -0.2) is 48.3 Å². The lowest BCUT2D eigenvalue weighted by atomic mass is 9.94. The molecule has 2 N–H and O–H groups in total. The third kappa shape index (κ3) is 5.83. The molecule has 2 heterocycles. The van der Waals surface area contributed by atoms with Gasteiger partial charge in [0.25, 0.3) is 5.91 Å². The van der Waals surface area contributed by atoms with Crippen molar-refractivity contribution in [3.8, 4) is 5.75 Å². The van der Waals surface area contributed by atoms with Gasteiger partial charge in [-0.05, 0) is 48.4 Å². The number of furan rings is 1. The van der Waals surface area contributed by atoms with Crippen LogP contribution in [0, 0.1) is 18.7 Å². The number of nitrogens with one attached hydrogen (secondary N) is 1. The molecule has 1 amide bonds. The van der Waals surface area contributed by atoms with Gasteiger partial charge in [-0.1, -0.05) is 24.3 Å². The van der Waals surface area contributed by atoms with Gasteiger partial charge in [-0.25, -0.2) is 9.18 Å². The number of hydrogen-bond acceptors (Lipinski definition) is 5. The van der Waals surface area contributed by atoms with Crippen LogP contribution in [0.15, 0.2) is 59.0 Å². The van der Waals surface area contributed by atoms with E-state index in [0.717, 1.165) is 13.1 Å². The average Bonchev–Trinajstić information content (AvgIpc) is 3.56. The Morgan fingerprint density at radius 2 is 1.79 bits per heavy atom. The van der Waals surface area contributed by atoms with Gasteiger partial charge < -0.3 is 19.6 Å². The van der Waals surface area contributed by atoms with Crippen LogP contribution in [0.2, 0.25) is 0 Å². The molecule has 1 aromatic heterocycles. The summed E-state index contributed by atoms with van der Waals surface area (Å²) in [7, 11) is 1.59. The Kier molecular flexibility index (Phi) is 7.77. The summed E-state index contributed by atoms with van der Waals surface area (Å²) in [6, 6.07) is 16.5. The normalized spacial score (nSPS) is 20.2. The van der Waals surface area contributed by atoms with E-state index >= 15 is 0 Å². The van der Waals surface area contributed by atoms with Crippen molar-refractivity contribution in [2.45, 2.75) is 31.6 Å². The van der Waals surface area contributed by atoms with E-state index in [1.165, 1.54) is 17.2 Å². The molecule has 2 aromatic carbocycles. The van der Waals surface area contributed by atoms with Crippen molar-refractivity contribution >= 4 is 11.9 Å². The second-order valence-corrected chi connectivity index (χ2v) is 9.22. The minimum absolute atomic E-state index is 0.0979. The van der Waals surface area contributed by atoms with Gasteiger partial charge in [0.05, 0.1) is 13.2 Å². The summed E-state index contributed by atoms with van der Waals surface area (Å²) in [5.41, 5.74) is 3.06. The number of amides is 1. The van der Waals surface area contributed by atoms with Gasteiger partial charge in [0.1, 0.15) is 17.3 Å². The Labute approximate surface area is 216 Å². The lowest BCUT2D eigenvalue weighted by Crippen LogP contribution is -2.33. The number of carboxylic acid groups (broad SMARTS) is 1. The first-order valence-corrected chi connectivity index (χ1v) is 11.8. The third-order valence-corrected chi connectivity index (χ3v) is 6.74. The van der Waals surface area contributed by atoms with E-state index in [9.17, 15) is 22.4 Å². The van der Waals surface area contributed by atoms with Crippen molar-refractivity contribution in [1.29, 1.82) is 0 Å². The molecular weight excluding hydrogens is 508 g/mol. The number of likely N-dealkylation sites (tertiary alicyclic amines) is 1. The molecule has 1 fully saturated rings. The highest BCUT2D eigenvalue weighted by atomic mass is 19.4. The molecule has 0 bridgehead atoms. The number of aryl methyl sites for hydroxylation is 1. The molecule has 1 aliphatic heterocycles. The number of methoxy groups -OCH3 is 1. The summed E-state index contributed by atoms with van der Waals surface area (Å²) in [6.07, 6.45) is -5.08. The summed E-state index contributed by atoms with van der Waals surface area (Å²) in [6.45, 7) is 3.93. The van der Waals surface area contributed by atoms with E-state index in [4.69, 9.17) is 19.1 Å². The van der Waals surface area contributed by atoms with E-state index in [1.807, 2.05) is 19.1 Å². The van der Waals surface area contributed by atoms with Crippen LogP contribution >= 0.6 is 0 Å². The van der Waals surface area contributed by atoms with Crippen LogP contribution in [-0.2, 0) is 11.3 Å². The topological polar surface area (TPSA) is 92.0 Å². The number of carboxylic acids is 1. The number of aliphatic carboxylic acids is 1. The molecule has 0 saturated carbocycles. The smallest absolute Gasteiger partial charge is 0.490 e. The van der Waals surface area contributed by atoms with Crippen LogP contribution in [0.4, 0.5) is 17.6 Å². The largest absolute Gasteiger partial charge is 0.497 e. The molecule has 1 aliphatic carbocycles. The second kappa shape index (κ2) is 10.9. The number of carbonyl (C=O) groups excluding carboxylic acids is 1. The predicted molar refractivity (Wildman–Crippen MR) is 128 cm³/mol. The summed E-state index contributed by atoms with van der Waals surface area (Å²) in [4.78, 5) is 24.0. The zero-order chi connectivity index (χ0) is 27.6. The first-order valence-electron chi connectivity index (χ1n) is 11.8. The molecule has 11 heteroatoms. The fourth-order valence-electron chi connectivity index (χ4n) is 5.07. The molecule has 0 spiro atoms. The number of fused-ring (bicyclic) bond motifs is 3. The van der Waals surface area contributed by atoms with Gasteiger partial charge >= 0.3 is 12.1 Å². The molecule has 38 heavy (non-hydrogen) atoms. The standard InChI is InChI=1S/C25H25FN2O3.C2HF3O2/c1-15-7-10-23(31-15)25(29)27-24-19-6-4-3-5-18(19)20-13-28(14-21(20)24)12-16-11-17(30-2)8-9-22(16)26;3-2(4,5)1(6)7/h3-11,20-21,24H,12-14H2,1-2H3,(H,27,29);(H,6,7)/t20-,21-,24+;/m0./s1. The number of benzene rings is 2. The van der Waals surface area contributed by atoms with Gasteiger partial charge in [0.2, 0.25) is 0 Å². The molecule has 3 aromatic rings. The van der Waals surface area contributed by atoms with E-state index in [2.05, 4.69) is 22.3 Å².